The summed E-state index contributed by atoms with van der Waals surface area (Å²) in [5.41, 5.74) is 1.23. The van der Waals surface area contributed by atoms with Gasteiger partial charge in [0.2, 0.25) is 5.91 Å². The van der Waals surface area contributed by atoms with Crippen molar-refractivity contribution < 1.29 is 18.8 Å². The van der Waals surface area contributed by atoms with Gasteiger partial charge >= 0.3 is 0 Å². The second-order valence-electron chi connectivity index (χ2n) is 5.37. The van der Waals surface area contributed by atoms with Crippen molar-refractivity contribution >= 4 is 39.3 Å². The molecule has 0 saturated carbocycles. The van der Waals surface area contributed by atoms with Gasteiger partial charge in [0.1, 0.15) is 12.4 Å². The zero-order chi connectivity index (χ0) is 17.4. The summed E-state index contributed by atoms with van der Waals surface area (Å²) in [6.45, 7) is 1.43. The van der Waals surface area contributed by atoms with Gasteiger partial charge in [0, 0.05) is 10.2 Å². The maximum atomic E-state index is 13.7. The van der Waals surface area contributed by atoms with Crippen LogP contribution >= 0.6 is 15.9 Å². The molecule has 2 aromatic carbocycles. The van der Waals surface area contributed by atoms with Crippen molar-refractivity contribution in [2.75, 3.05) is 11.9 Å². The monoisotopic (exact) mass is 390 g/mol. The normalized spacial score (nSPS) is 13.2. The smallest absolute Gasteiger partial charge is 0.265 e. The van der Waals surface area contributed by atoms with Crippen LogP contribution in [0.15, 0.2) is 40.9 Å². The molecule has 122 valence electrons. The van der Waals surface area contributed by atoms with Gasteiger partial charge in [-0.25, -0.2) is 4.39 Å². The lowest BCUT2D eigenvalue weighted by Gasteiger charge is -2.14. The molecular formula is C17H12BrFN2O3. The van der Waals surface area contributed by atoms with Crippen LogP contribution in [-0.2, 0) is 4.79 Å². The molecule has 7 heteroatoms. The van der Waals surface area contributed by atoms with Crippen LogP contribution in [0.2, 0.25) is 0 Å². The molecule has 0 radical (unpaired) electrons. The third kappa shape index (κ3) is 2.82. The summed E-state index contributed by atoms with van der Waals surface area (Å²) in [5, 5.41) is 2.61. The van der Waals surface area contributed by atoms with Gasteiger partial charge in [0.25, 0.3) is 11.8 Å². The highest BCUT2D eigenvalue weighted by Gasteiger charge is 2.38. The molecule has 5 nitrogen and oxygen atoms in total. The molecule has 2 aromatic rings. The van der Waals surface area contributed by atoms with E-state index in [4.69, 9.17) is 0 Å². The number of nitrogens with zero attached hydrogens (tertiary/aromatic N) is 1. The van der Waals surface area contributed by atoms with Crippen molar-refractivity contribution in [3.05, 3.63) is 63.4 Å². The Morgan fingerprint density at radius 1 is 1.21 bits per heavy atom. The first-order chi connectivity index (χ1) is 11.4. The van der Waals surface area contributed by atoms with Crippen LogP contribution < -0.4 is 5.32 Å². The van der Waals surface area contributed by atoms with E-state index >= 15 is 0 Å². The molecule has 0 atom stereocenters. The van der Waals surface area contributed by atoms with E-state index in [1.165, 1.54) is 12.1 Å². The Labute approximate surface area is 145 Å². The number of halogens is 2. The van der Waals surface area contributed by atoms with Crippen molar-refractivity contribution in [2.24, 2.45) is 0 Å². The van der Waals surface area contributed by atoms with Crippen LogP contribution in [0.4, 0.5) is 10.1 Å². The molecule has 0 bridgehead atoms. The van der Waals surface area contributed by atoms with Gasteiger partial charge in [-0.15, -0.1) is 0 Å². The molecule has 1 N–H and O–H groups in total. The van der Waals surface area contributed by atoms with Crippen LogP contribution in [0.5, 0.6) is 0 Å². The van der Waals surface area contributed by atoms with E-state index in [9.17, 15) is 18.8 Å². The number of imide groups is 1. The number of rotatable bonds is 3. The Balaban J connectivity index is 1.76. The summed E-state index contributed by atoms with van der Waals surface area (Å²) in [6, 6.07) is 9.07. The number of anilines is 1. The van der Waals surface area contributed by atoms with Crippen molar-refractivity contribution in [1.82, 2.24) is 4.90 Å². The largest absolute Gasteiger partial charge is 0.324 e. The quantitative estimate of drug-likeness (QED) is 0.818. The molecule has 0 unspecified atom stereocenters. The lowest BCUT2D eigenvalue weighted by Crippen LogP contribution is -2.37. The van der Waals surface area contributed by atoms with E-state index in [1.54, 1.807) is 12.1 Å². The Bertz CT molecular complexity index is 882. The molecule has 3 rings (SSSR count). The molecule has 0 fully saturated rings. The second kappa shape index (κ2) is 6.16. The number of amides is 3. The van der Waals surface area contributed by atoms with Crippen molar-refractivity contribution in [1.29, 1.82) is 0 Å². The summed E-state index contributed by atoms with van der Waals surface area (Å²) in [4.78, 5) is 37.3. The fourth-order valence-corrected chi connectivity index (χ4v) is 2.83. The number of fused-ring (bicyclic) bond motifs is 1. The number of aryl methyl sites for hydroxylation is 1. The zero-order valence-electron chi connectivity index (χ0n) is 12.6. The summed E-state index contributed by atoms with van der Waals surface area (Å²) in [6.07, 6.45) is 0. The van der Waals surface area contributed by atoms with Crippen molar-refractivity contribution in [3.63, 3.8) is 0 Å². The molecule has 0 aliphatic carbocycles. The Morgan fingerprint density at radius 2 is 1.96 bits per heavy atom. The van der Waals surface area contributed by atoms with E-state index in [0.29, 0.717) is 5.69 Å². The average Bonchev–Trinajstić information content (AvgIpc) is 2.77. The van der Waals surface area contributed by atoms with Gasteiger partial charge in [-0.1, -0.05) is 28.1 Å². The zero-order valence-corrected chi connectivity index (χ0v) is 14.2. The predicted octanol–water partition coefficient (Wildman–Crippen LogP) is 3.13. The molecule has 0 spiro atoms. The molecule has 0 aromatic heterocycles. The first-order valence-corrected chi connectivity index (χ1v) is 7.88. The maximum absolute atomic E-state index is 13.7. The third-order valence-corrected chi connectivity index (χ3v) is 4.56. The summed E-state index contributed by atoms with van der Waals surface area (Å²) in [7, 11) is 0. The summed E-state index contributed by atoms with van der Waals surface area (Å²) >= 11 is 3.36. The minimum absolute atomic E-state index is 0.0223. The van der Waals surface area contributed by atoms with Crippen LogP contribution in [0.3, 0.4) is 0 Å². The highest BCUT2D eigenvalue weighted by atomic mass is 79.9. The van der Waals surface area contributed by atoms with E-state index in [0.717, 1.165) is 21.0 Å². The van der Waals surface area contributed by atoms with Gasteiger partial charge < -0.3 is 5.32 Å². The first-order valence-electron chi connectivity index (χ1n) is 7.09. The molecule has 24 heavy (non-hydrogen) atoms. The fourth-order valence-electron chi connectivity index (χ4n) is 2.45. The van der Waals surface area contributed by atoms with E-state index in [-0.39, 0.29) is 11.1 Å². The fraction of sp³-hybridized carbons (Fsp3) is 0.118. The Morgan fingerprint density at radius 3 is 2.62 bits per heavy atom. The molecular weight excluding hydrogens is 379 g/mol. The number of hydrogen-bond acceptors (Lipinski definition) is 3. The van der Waals surface area contributed by atoms with E-state index in [2.05, 4.69) is 21.2 Å². The van der Waals surface area contributed by atoms with Gasteiger partial charge in [-0.05, 0) is 36.8 Å². The number of hydrogen-bond donors (Lipinski definition) is 1. The highest BCUT2D eigenvalue weighted by molar-refractivity contribution is 9.10. The van der Waals surface area contributed by atoms with Gasteiger partial charge in [-0.2, -0.15) is 0 Å². The summed E-state index contributed by atoms with van der Waals surface area (Å²) in [5.74, 6) is -2.78. The van der Waals surface area contributed by atoms with Crippen LogP contribution in [0.25, 0.3) is 0 Å². The predicted molar refractivity (Wildman–Crippen MR) is 89.3 cm³/mol. The molecule has 3 amide bonds. The van der Waals surface area contributed by atoms with E-state index < -0.39 is 30.1 Å². The lowest BCUT2D eigenvalue weighted by atomic mass is 10.1. The van der Waals surface area contributed by atoms with Crippen molar-refractivity contribution in [2.45, 2.75) is 6.92 Å². The standard InChI is InChI=1S/C17H12BrFN2O3/c1-9-5-6-10(7-12(9)18)20-14(22)8-21-16(23)11-3-2-4-13(19)15(11)17(21)24/h2-7H,8H2,1H3,(H,20,22). The topological polar surface area (TPSA) is 66.5 Å². The van der Waals surface area contributed by atoms with Crippen molar-refractivity contribution in [3.8, 4) is 0 Å². The summed E-state index contributed by atoms with van der Waals surface area (Å²) < 4.78 is 14.6. The average molecular weight is 391 g/mol. The molecule has 1 heterocycles. The number of carbonyl (C=O) groups is 3. The SMILES string of the molecule is Cc1ccc(NC(=O)CN2C(=O)c3cccc(F)c3C2=O)cc1Br. The second-order valence-corrected chi connectivity index (χ2v) is 6.23. The minimum atomic E-state index is -0.798. The minimum Gasteiger partial charge on any atom is -0.324 e. The van der Waals surface area contributed by atoms with Crippen LogP contribution in [0.1, 0.15) is 26.3 Å². The van der Waals surface area contributed by atoms with Gasteiger partial charge in [-0.3, -0.25) is 19.3 Å². The van der Waals surface area contributed by atoms with Crippen LogP contribution in [-0.4, -0.2) is 29.2 Å². The number of benzene rings is 2. The molecule has 1 aliphatic heterocycles. The Kier molecular flexibility index (Phi) is 4.19. The van der Waals surface area contributed by atoms with E-state index in [1.807, 2.05) is 13.0 Å². The van der Waals surface area contributed by atoms with Gasteiger partial charge in [0.05, 0.1) is 11.1 Å². The Hall–Kier alpha value is -2.54. The number of carbonyl (C=O) groups excluding carboxylic acids is 3. The lowest BCUT2D eigenvalue weighted by molar-refractivity contribution is -0.116. The van der Waals surface area contributed by atoms with Crippen LogP contribution in [0, 0.1) is 12.7 Å². The first kappa shape index (κ1) is 16.3. The molecule has 0 saturated heterocycles. The molecule has 1 aliphatic rings. The highest BCUT2D eigenvalue weighted by Crippen LogP contribution is 2.25. The third-order valence-electron chi connectivity index (χ3n) is 3.71. The maximum Gasteiger partial charge on any atom is 0.265 e. The van der Waals surface area contributed by atoms with Gasteiger partial charge in [0.15, 0.2) is 0 Å². The number of nitrogens with one attached hydrogen (secondary N) is 1.